The van der Waals surface area contributed by atoms with E-state index in [0.29, 0.717) is 68.7 Å². The normalized spacial score (nSPS) is 14.4. The average molecular weight is 633 g/mol. The van der Waals surface area contributed by atoms with E-state index in [4.69, 9.17) is 14.0 Å². The zero-order valence-electron chi connectivity index (χ0n) is 25.8. The molecule has 0 radical (unpaired) electrons. The second-order valence-electron chi connectivity index (χ2n) is 12.1. The maximum absolute atomic E-state index is 13.1. The number of alkyl halides is 3. The highest BCUT2D eigenvalue weighted by Gasteiger charge is 2.32. The van der Waals surface area contributed by atoms with Crippen LogP contribution in [-0.2, 0) is 28.7 Å². The Morgan fingerprint density at radius 1 is 1.04 bits per heavy atom. The summed E-state index contributed by atoms with van der Waals surface area (Å²) < 4.78 is 55.9. The molecule has 45 heavy (non-hydrogen) atoms. The molecular formula is C32H39F3N4O6. The molecular weight excluding hydrogens is 593 g/mol. The Hall–Kier alpha value is -4.29. The summed E-state index contributed by atoms with van der Waals surface area (Å²) in [5.41, 5.74) is -0.549. The number of amides is 1. The molecule has 244 valence electrons. The van der Waals surface area contributed by atoms with Crippen molar-refractivity contribution < 1.29 is 41.9 Å². The lowest BCUT2D eigenvalue weighted by atomic mass is 9.97. The summed E-state index contributed by atoms with van der Waals surface area (Å²) >= 11 is 0. The third-order valence-corrected chi connectivity index (χ3v) is 7.49. The number of ether oxygens (including phenoxy) is 2. The Morgan fingerprint density at radius 2 is 1.67 bits per heavy atom. The van der Waals surface area contributed by atoms with Crippen LogP contribution in [0, 0.1) is 5.92 Å². The largest absolute Gasteiger partial charge is 0.478 e. The Kier molecular flexibility index (Phi) is 10.6. The summed E-state index contributed by atoms with van der Waals surface area (Å²) in [7, 11) is 0. The molecule has 1 saturated heterocycles. The van der Waals surface area contributed by atoms with Gasteiger partial charge < -0.3 is 28.9 Å². The van der Waals surface area contributed by atoms with Crippen molar-refractivity contribution in [3.05, 3.63) is 71.1 Å². The molecule has 1 aromatic heterocycles. The molecule has 0 spiro atoms. The maximum atomic E-state index is 13.1. The second-order valence-corrected chi connectivity index (χ2v) is 12.1. The molecule has 1 aliphatic rings. The van der Waals surface area contributed by atoms with E-state index in [-0.39, 0.29) is 24.5 Å². The number of carboxylic acids is 1. The SMILES string of the molecule is CC(C)COC(=O)N1CCC(c2nc(N(CCc3ccc(OC(C)(C)C(=O)O)cc3)Cc3ccc(C(F)(F)F)cc3)no2)CC1. The van der Waals surface area contributed by atoms with Crippen molar-refractivity contribution in [2.24, 2.45) is 5.92 Å². The van der Waals surface area contributed by atoms with Crippen LogP contribution in [0.15, 0.2) is 53.1 Å². The monoisotopic (exact) mass is 632 g/mol. The minimum atomic E-state index is -4.43. The van der Waals surface area contributed by atoms with E-state index >= 15 is 0 Å². The lowest BCUT2D eigenvalue weighted by molar-refractivity contribution is -0.152. The highest BCUT2D eigenvalue weighted by Crippen LogP contribution is 2.31. The summed E-state index contributed by atoms with van der Waals surface area (Å²) in [5.74, 6) is 0.288. The van der Waals surface area contributed by atoms with Crippen molar-refractivity contribution in [3.63, 3.8) is 0 Å². The van der Waals surface area contributed by atoms with Crippen LogP contribution in [0.2, 0.25) is 0 Å². The zero-order chi connectivity index (χ0) is 32.8. The molecule has 2 aromatic carbocycles. The first-order valence-electron chi connectivity index (χ1n) is 14.9. The molecule has 0 aliphatic carbocycles. The fourth-order valence-electron chi connectivity index (χ4n) is 4.76. The molecule has 0 atom stereocenters. The quantitative estimate of drug-likeness (QED) is 0.237. The molecule has 2 heterocycles. The average Bonchev–Trinajstić information content (AvgIpc) is 3.49. The van der Waals surface area contributed by atoms with Crippen LogP contribution in [0.5, 0.6) is 5.75 Å². The number of carbonyl (C=O) groups excluding carboxylic acids is 1. The number of halogens is 3. The zero-order valence-corrected chi connectivity index (χ0v) is 25.8. The molecule has 1 fully saturated rings. The number of nitrogens with zero attached hydrogens (tertiary/aromatic N) is 4. The minimum Gasteiger partial charge on any atom is -0.478 e. The number of hydrogen-bond acceptors (Lipinski definition) is 8. The van der Waals surface area contributed by atoms with Gasteiger partial charge in [0.15, 0.2) is 5.60 Å². The predicted octanol–water partition coefficient (Wildman–Crippen LogP) is 6.55. The van der Waals surface area contributed by atoms with Gasteiger partial charge in [-0.05, 0) is 79.6 Å². The molecule has 1 aliphatic heterocycles. The number of rotatable bonds is 12. The molecule has 1 N–H and O–H groups in total. The first-order chi connectivity index (χ1) is 21.2. The van der Waals surface area contributed by atoms with Gasteiger partial charge in [0, 0.05) is 32.1 Å². The Labute approximate surface area is 260 Å². The van der Waals surface area contributed by atoms with E-state index in [2.05, 4.69) is 10.1 Å². The van der Waals surface area contributed by atoms with Crippen molar-refractivity contribution in [1.29, 1.82) is 0 Å². The number of carboxylic acid groups (broad SMARTS) is 1. The molecule has 0 saturated carbocycles. The van der Waals surface area contributed by atoms with Gasteiger partial charge in [-0.3, -0.25) is 0 Å². The van der Waals surface area contributed by atoms with Gasteiger partial charge in [-0.25, -0.2) is 9.59 Å². The van der Waals surface area contributed by atoms with Gasteiger partial charge in [-0.15, -0.1) is 0 Å². The van der Waals surface area contributed by atoms with Crippen LogP contribution in [0.25, 0.3) is 0 Å². The Balaban J connectivity index is 1.45. The van der Waals surface area contributed by atoms with Gasteiger partial charge in [0.1, 0.15) is 5.75 Å². The summed E-state index contributed by atoms with van der Waals surface area (Å²) in [6.45, 7) is 8.90. The van der Waals surface area contributed by atoms with E-state index in [9.17, 15) is 27.9 Å². The van der Waals surface area contributed by atoms with E-state index in [1.807, 2.05) is 30.9 Å². The van der Waals surface area contributed by atoms with Gasteiger partial charge in [0.2, 0.25) is 5.89 Å². The Bertz CT molecular complexity index is 1420. The van der Waals surface area contributed by atoms with Crippen molar-refractivity contribution in [2.45, 2.75) is 71.2 Å². The van der Waals surface area contributed by atoms with E-state index in [1.165, 1.54) is 26.0 Å². The molecule has 10 nitrogen and oxygen atoms in total. The van der Waals surface area contributed by atoms with E-state index < -0.39 is 23.3 Å². The molecule has 13 heteroatoms. The lowest BCUT2D eigenvalue weighted by Crippen LogP contribution is -2.38. The van der Waals surface area contributed by atoms with Crippen LogP contribution in [0.1, 0.15) is 69.0 Å². The van der Waals surface area contributed by atoms with E-state index in [1.54, 1.807) is 17.0 Å². The van der Waals surface area contributed by atoms with Gasteiger partial charge in [-0.2, -0.15) is 18.2 Å². The summed E-state index contributed by atoms with van der Waals surface area (Å²) in [6.07, 6.45) is -2.98. The van der Waals surface area contributed by atoms with Crippen LogP contribution in [0.4, 0.5) is 23.9 Å². The highest BCUT2D eigenvalue weighted by molar-refractivity contribution is 5.76. The van der Waals surface area contributed by atoms with Gasteiger partial charge >= 0.3 is 18.2 Å². The number of anilines is 1. The fraction of sp³-hybridized carbons (Fsp3) is 0.500. The van der Waals surface area contributed by atoms with Crippen LogP contribution in [-0.4, -0.2) is 64.1 Å². The maximum Gasteiger partial charge on any atom is 0.416 e. The molecule has 1 amide bonds. The first-order valence-corrected chi connectivity index (χ1v) is 14.9. The second kappa shape index (κ2) is 14.2. The number of hydrogen-bond donors (Lipinski definition) is 1. The van der Waals surface area contributed by atoms with Gasteiger partial charge in [0.25, 0.3) is 5.95 Å². The van der Waals surface area contributed by atoms with Crippen molar-refractivity contribution in [3.8, 4) is 5.75 Å². The van der Waals surface area contributed by atoms with Crippen molar-refractivity contribution in [2.75, 3.05) is 31.1 Å². The highest BCUT2D eigenvalue weighted by atomic mass is 19.4. The van der Waals surface area contributed by atoms with Crippen LogP contribution < -0.4 is 9.64 Å². The Morgan fingerprint density at radius 3 is 2.24 bits per heavy atom. The predicted molar refractivity (Wildman–Crippen MR) is 159 cm³/mol. The van der Waals surface area contributed by atoms with Crippen LogP contribution in [0.3, 0.4) is 0 Å². The number of carbonyl (C=O) groups is 2. The van der Waals surface area contributed by atoms with Crippen molar-refractivity contribution in [1.82, 2.24) is 15.0 Å². The first kappa shape index (κ1) is 33.6. The molecule has 4 rings (SSSR count). The molecule has 0 bridgehead atoms. The number of piperidine rings is 1. The third kappa shape index (κ3) is 9.35. The number of aliphatic carboxylic acids is 1. The molecule has 3 aromatic rings. The topological polar surface area (TPSA) is 118 Å². The molecule has 0 unspecified atom stereocenters. The number of benzene rings is 2. The summed E-state index contributed by atoms with van der Waals surface area (Å²) in [6, 6.07) is 12.0. The van der Waals surface area contributed by atoms with E-state index in [0.717, 1.165) is 17.7 Å². The summed E-state index contributed by atoms with van der Waals surface area (Å²) in [4.78, 5) is 31.9. The smallest absolute Gasteiger partial charge is 0.416 e. The van der Waals surface area contributed by atoms with Gasteiger partial charge in [0.05, 0.1) is 12.2 Å². The van der Waals surface area contributed by atoms with Gasteiger partial charge in [-0.1, -0.05) is 38.1 Å². The van der Waals surface area contributed by atoms with Crippen molar-refractivity contribution >= 4 is 18.0 Å². The number of likely N-dealkylation sites (tertiary alicyclic amines) is 1. The third-order valence-electron chi connectivity index (χ3n) is 7.49. The van der Waals surface area contributed by atoms with Crippen LogP contribution >= 0.6 is 0 Å². The lowest BCUT2D eigenvalue weighted by Gasteiger charge is -2.29. The fourth-order valence-corrected chi connectivity index (χ4v) is 4.76. The standard InChI is InChI=1S/C32H39F3N4O6/c1-21(2)20-43-30(42)38-17-14-24(15-18-38)27-36-29(37-45-27)39(19-23-5-9-25(10-6-23)32(33,34)35)16-13-22-7-11-26(12-8-22)44-31(3,4)28(40)41/h5-12,21,24H,13-20H2,1-4H3,(H,40,41). The number of aromatic nitrogens is 2. The summed E-state index contributed by atoms with van der Waals surface area (Å²) in [5, 5.41) is 13.5. The minimum absolute atomic E-state index is 0.0454.